The van der Waals surface area contributed by atoms with E-state index in [2.05, 4.69) is 17.4 Å². The van der Waals surface area contributed by atoms with Gasteiger partial charge in [0.2, 0.25) is 0 Å². The minimum absolute atomic E-state index is 0.467. The van der Waals surface area contributed by atoms with E-state index in [-0.39, 0.29) is 0 Å². The first-order valence-electron chi connectivity index (χ1n) is 10.7. The molecule has 0 aliphatic rings. The molecule has 4 nitrogen and oxygen atoms in total. The summed E-state index contributed by atoms with van der Waals surface area (Å²) in [6.45, 7) is 0. The molecule has 0 aliphatic heterocycles. The number of nitrogens with one attached hydrogen (secondary N) is 1. The van der Waals surface area contributed by atoms with E-state index in [1.54, 1.807) is 4.68 Å². The summed E-state index contributed by atoms with van der Waals surface area (Å²) in [5.41, 5.74) is 4.68. The fraction of sp³-hybridized carbons (Fsp3) is 0. The Labute approximate surface area is 208 Å². The summed E-state index contributed by atoms with van der Waals surface area (Å²) in [5, 5.41) is 9.21. The molecule has 0 bridgehead atoms. The predicted molar refractivity (Wildman–Crippen MR) is 143 cm³/mol. The molecule has 0 spiro atoms. The summed E-state index contributed by atoms with van der Waals surface area (Å²) < 4.78 is 7.55. The molecule has 166 valence electrons. The van der Waals surface area contributed by atoms with Crippen molar-refractivity contribution in [1.29, 1.82) is 0 Å². The number of ether oxygens (including phenoxy) is 1. The molecule has 0 amide bonds. The van der Waals surface area contributed by atoms with Crippen molar-refractivity contribution in [2.75, 3.05) is 5.32 Å². The standard InChI is InChI=1S/C28H20ClN3OS/c29-22-13-11-21(12-14-22)27-26(20-7-3-1-4-8-20)19-32(31-27)28(34)30-23-15-17-25(18-16-23)33-24-9-5-2-6-10-24/h1-19H,(H,30,34). The van der Waals surface area contributed by atoms with Gasteiger partial charge in [0.05, 0.1) is 0 Å². The fourth-order valence-electron chi connectivity index (χ4n) is 3.54. The average molecular weight is 482 g/mol. The van der Waals surface area contributed by atoms with Gasteiger partial charge in [0.25, 0.3) is 0 Å². The summed E-state index contributed by atoms with van der Waals surface area (Å²) in [6.07, 6.45) is 1.95. The van der Waals surface area contributed by atoms with E-state index in [1.165, 1.54) is 0 Å². The lowest BCUT2D eigenvalue weighted by atomic mass is 10.0. The number of nitrogens with zero attached hydrogens (tertiary/aromatic N) is 2. The molecule has 34 heavy (non-hydrogen) atoms. The van der Waals surface area contributed by atoms with Crippen LogP contribution in [0.25, 0.3) is 22.4 Å². The van der Waals surface area contributed by atoms with Gasteiger partial charge >= 0.3 is 0 Å². The van der Waals surface area contributed by atoms with Crippen molar-refractivity contribution < 1.29 is 4.74 Å². The molecule has 0 aliphatic carbocycles. The summed E-state index contributed by atoms with van der Waals surface area (Å²) in [7, 11) is 0. The Hall–Kier alpha value is -3.93. The molecule has 1 heterocycles. The summed E-state index contributed by atoms with van der Waals surface area (Å²) in [5.74, 6) is 1.54. The maximum Gasteiger partial charge on any atom is 0.198 e. The lowest BCUT2D eigenvalue weighted by Crippen LogP contribution is -2.19. The van der Waals surface area contributed by atoms with Gasteiger partial charge in [-0.2, -0.15) is 5.10 Å². The molecule has 5 rings (SSSR count). The van der Waals surface area contributed by atoms with Crippen LogP contribution in [0.15, 0.2) is 115 Å². The van der Waals surface area contributed by atoms with E-state index >= 15 is 0 Å². The van der Waals surface area contributed by atoms with Gasteiger partial charge in [0.15, 0.2) is 5.11 Å². The largest absolute Gasteiger partial charge is 0.457 e. The van der Waals surface area contributed by atoms with Crippen molar-refractivity contribution >= 4 is 34.6 Å². The van der Waals surface area contributed by atoms with Crippen molar-refractivity contribution in [2.24, 2.45) is 0 Å². The number of rotatable bonds is 5. The number of hydrogen-bond acceptors (Lipinski definition) is 3. The van der Waals surface area contributed by atoms with Crippen LogP contribution in [-0.2, 0) is 0 Å². The molecule has 5 aromatic rings. The van der Waals surface area contributed by atoms with Crippen LogP contribution in [0.5, 0.6) is 11.5 Å². The summed E-state index contributed by atoms with van der Waals surface area (Å²) >= 11 is 11.8. The van der Waals surface area contributed by atoms with Gasteiger partial charge in [-0.15, -0.1) is 0 Å². The normalized spacial score (nSPS) is 10.6. The van der Waals surface area contributed by atoms with Crippen molar-refractivity contribution in [3.05, 3.63) is 120 Å². The highest BCUT2D eigenvalue weighted by molar-refractivity contribution is 7.80. The molecular formula is C28H20ClN3OS. The molecule has 0 saturated heterocycles. The number of para-hydroxylation sites is 1. The van der Waals surface area contributed by atoms with Gasteiger partial charge in [-0.1, -0.05) is 72.3 Å². The van der Waals surface area contributed by atoms with E-state index in [0.717, 1.165) is 39.6 Å². The fourth-order valence-corrected chi connectivity index (χ4v) is 3.88. The topological polar surface area (TPSA) is 39.1 Å². The Bertz CT molecular complexity index is 1400. The monoisotopic (exact) mass is 481 g/mol. The van der Waals surface area contributed by atoms with Gasteiger partial charge < -0.3 is 10.1 Å². The number of thiocarbonyl (C=S) groups is 1. The molecule has 0 fully saturated rings. The van der Waals surface area contributed by atoms with Gasteiger partial charge in [-0.25, -0.2) is 4.68 Å². The van der Waals surface area contributed by atoms with Crippen LogP contribution in [0.1, 0.15) is 0 Å². The number of aromatic nitrogens is 2. The third-order valence-electron chi connectivity index (χ3n) is 5.21. The van der Waals surface area contributed by atoms with Gasteiger partial charge in [-0.05, 0) is 66.3 Å². The van der Waals surface area contributed by atoms with E-state index in [4.69, 9.17) is 33.7 Å². The second-order valence-corrected chi connectivity index (χ2v) is 8.40. The zero-order valence-electron chi connectivity index (χ0n) is 18.1. The SMILES string of the molecule is S=C(Nc1ccc(Oc2ccccc2)cc1)n1cc(-c2ccccc2)c(-c2ccc(Cl)cc2)n1. The van der Waals surface area contributed by atoms with Crippen LogP contribution in [-0.4, -0.2) is 14.9 Å². The predicted octanol–water partition coefficient (Wildman–Crippen LogP) is 7.91. The second kappa shape index (κ2) is 9.91. The number of hydrogen-bond donors (Lipinski definition) is 1. The third kappa shape index (κ3) is 5.01. The van der Waals surface area contributed by atoms with Crippen molar-refractivity contribution in [1.82, 2.24) is 9.78 Å². The van der Waals surface area contributed by atoms with E-state index in [9.17, 15) is 0 Å². The Morgan fingerprint density at radius 3 is 2.03 bits per heavy atom. The van der Waals surface area contributed by atoms with Gasteiger partial charge in [0, 0.05) is 28.0 Å². The smallest absolute Gasteiger partial charge is 0.198 e. The first-order valence-corrected chi connectivity index (χ1v) is 11.5. The molecule has 4 aromatic carbocycles. The van der Waals surface area contributed by atoms with E-state index in [0.29, 0.717) is 10.1 Å². The Kier molecular flexibility index (Phi) is 6.38. The van der Waals surface area contributed by atoms with Gasteiger partial charge in [-0.3, -0.25) is 0 Å². The first kappa shape index (κ1) is 21.9. The highest BCUT2D eigenvalue weighted by Gasteiger charge is 2.15. The van der Waals surface area contributed by atoms with Crippen molar-refractivity contribution in [3.63, 3.8) is 0 Å². The van der Waals surface area contributed by atoms with Crippen LogP contribution >= 0.6 is 23.8 Å². The van der Waals surface area contributed by atoms with Crippen LogP contribution in [0.3, 0.4) is 0 Å². The molecule has 1 N–H and O–H groups in total. The van der Waals surface area contributed by atoms with Crippen molar-refractivity contribution in [2.45, 2.75) is 0 Å². The Morgan fingerprint density at radius 1 is 0.735 bits per heavy atom. The maximum atomic E-state index is 6.09. The van der Waals surface area contributed by atoms with Crippen LogP contribution in [0.4, 0.5) is 5.69 Å². The molecule has 0 atom stereocenters. The number of anilines is 1. The third-order valence-corrected chi connectivity index (χ3v) is 5.75. The first-order chi connectivity index (χ1) is 16.7. The molecule has 1 aromatic heterocycles. The molecule has 6 heteroatoms. The number of halogens is 1. The van der Waals surface area contributed by atoms with Crippen molar-refractivity contribution in [3.8, 4) is 33.9 Å². The van der Waals surface area contributed by atoms with Crippen LogP contribution in [0, 0.1) is 0 Å². The molecule has 0 radical (unpaired) electrons. The highest BCUT2D eigenvalue weighted by atomic mass is 35.5. The molecule has 0 saturated carbocycles. The minimum atomic E-state index is 0.467. The zero-order valence-corrected chi connectivity index (χ0v) is 19.6. The second-order valence-electron chi connectivity index (χ2n) is 7.58. The highest BCUT2D eigenvalue weighted by Crippen LogP contribution is 2.32. The van der Waals surface area contributed by atoms with E-state index < -0.39 is 0 Å². The summed E-state index contributed by atoms with van der Waals surface area (Å²) in [4.78, 5) is 0. The quantitative estimate of drug-likeness (QED) is 0.259. The van der Waals surface area contributed by atoms with Gasteiger partial charge in [0.1, 0.15) is 17.2 Å². The molecular weight excluding hydrogens is 462 g/mol. The Morgan fingerprint density at radius 2 is 1.35 bits per heavy atom. The van der Waals surface area contributed by atoms with E-state index in [1.807, 2.05) is 103 Å². The van der Waals surface area contributed by atoms with Crippen LogP contribution < -0.4 is 10.1 Å². The minimum Gasteiger partial charge on any atom is -0.457 e. The number of benzene rings is 4. The Balaban J connectivity index is 1.39. The molecule has 0 unspecified atom stereocenters. The lowest BCUT2D eigenvalue weighted by molar-refractivity contribution is 0.483. The average Bonchev–Trinajstić information content (AvgIpc) is 3.33. The summed E-state index contributed by atoms with van der Waals surface area (Å²) in [6, 6.07) is 35.1. The zero-order chi connectivity index (χ0) is 23.3. The maximum absolute atomic E-state index is 6.09. The lowest BCUT2D eigenvalue weighted by Gasteiger charge is -2.09. The van der Waals surface area contributed by atoms with Crippen LogP contribution in [0.2, 0.25) is 5.02 Å².